The molecular weight excluding hydrogens is 266 g/mol. The number of hydrogen-bond donors (Lipinski definition) is 0. The summed E-state index contributed by atoms with van der Waals surface area (Å²) in [5, 5.41) is 1.13. The molecule has 0 aliphatic heterocycles. The fourth-order valence-corrected chi connectivity index (χ4v) is 3.58. The topological polar surface area (TPSA) is 30.0 Å². The molecule has 0 N–H and O–H groups in total. The van der Waals surface area contributed by atoms with Crippen LogP contribution in [-0.2, 0) is 0 Å². The van der Waals surface area contributed by atoms with E-state index in [-0.39, 0.29) is 5.78 Å². The van der Waals surface area contributed by atoms with E-state index >= 15 is 0 Å². The monoisotopic (exact) mass is 281 g/mol. The number of Topliss-reactive ketones (excluding diaryl/α,β-unsaturated/α-hetero) is 1. The minimum atomic E-state index is 0.211. The number of benzene rings is 1. The van der Waals surface area contributed by atoms with Gasteiger partial charge in [0, 0.05) is 28.4 Å². The Labute approximate surface area is 122 Å². The van der Waals surface area contributed by atoms with E-state index in [1.54, 1.807) is 17.5 Å². The zero-order chi connectivity index (χ0) is 14.1. The Hall–Kier alpha value is -2.00. The maximum atomic E-state index is 11.9. The van der Waals surface area contributed by atoms with Gasteiger partial charge in [0.2, 0.25) is 0 Å². The molecule has 0 atom stereocenters. The number of hydrogen-bond acceptors (Lipinski definition) is 3. The molecule has 0 radical (unpaired) electrons. The molecule has 2 aromatic heterocycles. The Kier molecular flexibility index (Phi) is 3.36. The van der Waals surface area contributed by atoms with Gasteiger partial charge in [-0.1, -0.05) is 25.1 Å². The Bertz CT molecular complexity index is 783. The van der Waals surface area contributed by atoms with Gasteiger partial charge < -0.3 is 0 Å². The van der Waals surface area contributed by atoms with Crippen LogP contribution >= 0.6 is 11.3 Å². The molecule has 20 heavy (non-hydrogen) atoms. The third kappa shape index (κ3) is 2.14. The highest BCUT2D eigenvalue weighted by Gasteiger charge is 2.14. The van der Waals surface area contributed by atoms with Gasteiger partial charge in [0.25, 0.3) is 0 Å². The fraction of sp³-hybridized carbons (Fsp3) is 0.176. The van der Waals surface area contributed by atoms with Crippen molar-refractivity contribution in [3.8, 4) is 10.4 Å². The summed E-state index contributed by atoms with van der Waals surface area (Å²) < 4.78 is 0. The van der Waals surface area contributed by atoms with E-state index in [9.17, 15) is 4.79 Å². The minimum Gasteiger partial charge on any atom is -0.293 e. The Morgan fingerprint density at radius 3 is 2.90 bits per heavy atom. The summed E-state index contributed by atoms with van der Waals surface area (Å²) in [4.78, 5) is 18.3. The van der Waals surface area contributed by atoms with Gasteiger partial charge in [-0.15, -0.1) is 11.3 Å². The number of thiophene rings is 1. The second-order valence-corrected chi connectivity index (χ2v) is 5.83. The number of rotatable bonds is 3. The summed E-state index contributed by atoms with van der Waals surface area (Å²) in [6.07, 6.45) is 2.36. The highest BCUT2D eigenvalue weighted by Crippen LogP contribution is 2.36. The second-order valence-electron chi connectivity index (χ2n) is 4.78. The van der Waals surface area contributed by atoms with Gasteiger partial charge in [-0.3, -0.25) is 9.78 Å². The van der Waals surface area contributed by atoms with Crippen LogP contribution in [0.25, 0.3) is 21.3 Å². The summed E-state index contributed by atoms with van der Waals surface area (Å²) in [6.45, 7) is 3.96. The van der Waals surface area contributed by atoms with E-state index in [4.69, 9.17) is 0 Å². The molecule has 0 spiro atoms. The summed E-state index contributed by atoms with van der Waals surface area (Å²) >= 11 is 1.58. The van der Waals surface area contributed by atoms with Crippen molar-refractivity contribution in [2.45, 2.75) is 20.3 Å². The van der Waals surface area contributed by atoms with Crippen molar-refractivity contribution < 1.29 is 4.79 Å². The average Bonchev–Trinajstić information content (AvgIpc) is 2.87. The molecule has 3 rings (SSSR count). The van der Waals surface area contributed by atoms with Gasteiger partial charge in [-0.2, -0.15) is 0 Å². The SMILES string of the molecule is CCC(=O)c1cc(C)c(-c2cccc3ncccc23)s1. The predicted octanol–water partition coefficient (Wildman–Crippen LogP) is 4.86. The van der Waals surface area contributed by atoms with E-state index < -0.39 is 0 Å². The Balaban J connectivity index is 2.21. The molecule has 0 saturated heterocycles. The van der Waals surface area contributed by atoms with Gasteiger partial charge in [-0.05, 0) is 30.7 Å². The third-order valence-corrected chi connectivity index (χ3v) is 4.72. The van der Waals surface area contributed by atoms with Crippen LogP contribution in [0.4, 0.5) is 0 Å². The van der Waals surface area contributed by atoms with Crippen LogP contribution in [0, 0.1) is 6.92 Å². The van der Waals surface area contributed by atoms with Crippen molar-refractivity contribution in [1.82, 2.24) is 4.98 Å². The maximum Gasteiger partial charge on any atom is 0.172 e. The van der Waals surface area contributed by atoms with Crippen LogP contribution in [0.5, 0.6) is 0 Å². The van der Waals surface area contributed by atoms with E-state index in [1.807, 2.05) is 31.2 Å². The summed E-state index contributed by atoms with van der Waals surface area (Å²) in [7, 11) is 0. The molecule has 1 aromatic carbocycles. The van der Waals surface area contributed by atoms with Crippen molar-refractivity contribution in [2.75, 3.05) is 0 Å². The largest absolute Gasteiger partial charge is 0.293 e. The van der Waals surface area contributed by atoms with Crippen LogP contribution in [0.15, 0.2) is 42.6 Å². The summed E-state index contributed by atoms with van der Waals surface area (Å²) in [5.41, 5.74) is 3.30. The lowest BCUT2D eigenvalue weighted by molar-refractivity contribution is 0.0992. The number of ketones is 1. The molecular formula is C17H15NOS. The van der Waals surface area contributed by atoms with Crippen LogP contribution in [0.3, 0.4) is 0 Å². The molecule has 0 fully saturated rings. The standard InChI is InChI=1S/C17H15NOS/c1-3-15(19)16-10-11(2)17(20-16)13-6-4-8-14-12(13)7-5-9-18-14/h4-10H,3H2,1-2H3. The molecule has 100 valence electrons. The fourth-order valence-electron chi connectivity index (χ4n) is 2.36. The number of carbonyl (C=O) groups is 1. The van der Waals surface area contributed by atoms with Gasteiger partial charge in [-0.25, -0.2) is 0 Å². The van der Waals surface area contributed by atoms with E-state index in [0.29, 0.717) is 6.42 Å². The molecule has 0 aliphatic carbocycles. The van der Waals surface area contributed by atoms with Crippen LogP contribution in [-0.4, -0.2) is 10.8 Å². The highest BCUT2D eigenvalue weighted by atomic mass is 32.1. The smallest absolute Gasteiger partial charge is 0.172 e. The van der Waals surface area contributed by atoms with E-state index in [1.165, 1.54) is 4.88 Å². The number of fused-ring (bicyclic) bond motifs is 1. The lowest BCUT2D eigenvalue weighted by atomic mass is 10.0. The van der Waals surface area contributed by atoms with Crippen molar-refractivity contribution >= 4 is 28.0 Å². The van der Waals surface area contributed by atoms with Crippen LogP contribution < -0.4 is 0 Å². The van der Waals surface area contributed by atoms with Crippen molar-refractivity contribution in [1.29, 1.82) is 0 Å². The minimum absolute atomic E-state index is 0.211. The first-order chi connectivity index (χ1) is 9.70. The Morgan fingerprint density at radius 2 is 2.10 bits per heavy atom. The van der Waals surface area contributed by atoms with Crippen molar-refractivity contribution in [3.05, 3.63) is 53.0 Å². The number of pyridine rings is 1. The van der Waals surface area contributed by atoms with Gasteiger partial charge in [0.1, 0.15) is 0 Å². The van der Waals surface area contributed by atoms with E-state index in [0.717, 1.165) is 26.9 Å². The quantitative estimate of drug-likeness (QED) is 0.641. The number of aromatic nitrogens is 1. The highest BCUT2D eigenvalue weighted by molar-refractivity contribution is 7.17. The van der Waals surface area contributed by atoms with Crippen molar-refractivity contribution in [3.63, 3.8) is 0 Å². The zero-order valence-electron chi connectivity index (χ0n) is 11.5. The second kappa shape index (κ2) is 5.17. The summed E-state index contributed by atoms with van der Waals surface area (Å²) in [6, 6.07) is 12.2. The van der Waals surface area contributed by atoms with Gasteiger partial charge in [0.15, 0.2) is 5.78 Å². The van der Waals surface area contributed by atoms with Gasteiger partial charge >= 0.3 is 0 Å². The lowest BCUT2D eigenvalue weighted by Crippen LogP contribution is -1.90. The molecule has 2 heterocycles. The third-order valence-electron chi connectivity index (χ3n) is 3.40. The lowest BCUT2D eigenvalue weighted by Gasteiger charge is -2.04. The molecule has 0 saturated carbocycles. The number of carbonyl (C=O) groups excluding carboxylic acids is 1. The number of nitrogens with zero attached hydrogens (tertiary/aromatic N) is 1. The van der Waals surface area contributed by atoms with E-state index in [2.05, 4.69) is 24.0 Å². The average molecular weight is 281 g/mol. The van der Waals surface area contributed by atoms with Crippen molar-refractivity contribution in [2.24, 2.45) is 0 Å². The first kappa shape index (κ1) is 13.0. The summed E-state index contributed by atoms with van der Waals surface area (Å²) in [5.74, 6) is 0.211. The molecule has 0 amide bonds. The molecule has 3 heteroatoms. The normalized spacial score (nSPS) is 10.9. The first-order valence-electron chi connectivity index (χ1n) is 6.68. The number of aryl methyl sites for hydroxylation is 1. The molecule has 3 aromatic rings. The molecule has 0 bridgehead atoms. The zero-order valence-corrected chi connectivity index (χ0v) is 12.3. The molecule has 2 nitrogen and oxygen atoms in total. The Morgan fingerprint density at radius 1 is 1.25 bits per heavy atom. The van der Waals surface area contributed by atoms with Crippen LogP contribution in [0.1, 0.15) is 28.6 Å². The first-order valence-corrected chi connectivity index (χ1v) is 7.50. The predicted molar refractivity (Wildman–Crippen MR) is 84.4 cm³/mol. The maximum absolute atomic E-state index is 11.9. The molecule has 0 aliphatic rings. The van der Waals surface area contributed by atoms with Crippen LogP contribution in [0.2, 0.25) is 0 Å². The van der Waals surface area contributed by atoms with Gasteiger partial charge in [0.05, 0.1) is 10.4 Å². The molecule has 0 unspecified atom stereocenters.